The molecule has 0 bridgehead atoms. The third-order valence-electron chi connectivity index (χ3n) is 2.18. The summed E-state index contributed by atoms with van der Waals surface area (Å²) in [6.45, 7) is 0. The summed E-state index contributed by atoms with van der Waals surface area (Å²) in [5, 5.41) is 0.766. The van der Waals surface area contributed by atoms with E-state index in [9.17, 15) is 0 Å². The number of nitrogens with zero attached hydrogens (tertiary/aromatic N) is 2. The summed E-state index contributed by atoms with van der Waals surface area (Å²) < 4.78 is 0. The van der Waals surface area contributed by atoms with Crippen LogP contribution in [0.4, 0.5) is 0 Å². The zero-order valence-corrected chi connectivity index (χ0v) is 8.59. The van der Waals surface area contributed by atoms with Crippen LogP contribution in [0.15, 0.2) is 12.4 Å². The van der Waals surface area contributed by atoms with Crippen molar-refractivity contribution in [2.75, 3.05) is 0 Å². The smallest absolute Gasteiger partial charge is 0.129 e. The molecule has 1 unspecified atom stereocenters. The van der Waals surface area contributed by atoms with Gasteiger partial charge in [0.2, 0.25) is 0 Å². The van der Waals surface area contributed by atoms with E-state index in [-0.39, 0.29) is 5.38 Å². The van der Waals surface area contributed by atoms with Crippen LogP contribution in [-0.2, 0) is 6.42 Å². The van der Waals surface area contributed by atoms with Crippen LogP contribution in [0.1, 0.15) is 18.7 Å². The Morgan fingerprint density at radius 3 is 2.54 bits per heavy atom. The first-order valence-electron chi connectivity index (χ1n) is 4.36. The van der Waals surface area contributed by atoms with Gasteiger partial charge >= 0.3 is 0 Å². The van der Waals surface area contributed by atoms with Crippen molar-refractivity contribution < 1.29 is 0 Å². The molecular formula is C9H10Cl2N2. The molecule has 0 aliphatic heterocycles. The second-order valence-electron chi connectivity index (χ2n) is 3.38. The number of halogens is 2. The molecule has 70 valence electrons. The van der Waals surface area contributed by atoms with Crippen molar-refractivity contribution in [3.05, 3.63) is 23.2 Å². The summed E-state index contributed by atoms with van der Waals surface area (Å²) in [5.74, 6) is 1.47. The molecule has 13 heavy (non-hydrogen) atoms. The molecule has 1 aromatic heterocycles. The summed E-state index contributed by atoms with van der Waals surface area (Å²) >= 11 is 11.8. The van der Waals surface area contributed by atoms with Crippen LogP contribution in [0.25, 0.3) is 0 Å². The lowest BCUT2D eigenvalue weighted by molar-refractivity contribution is 0.707. The second-order valence-corrected chi connectivity index (χ2v) is 4.37. The van der Waals surface area contributed by atoms with Gasteiger partial charge in [-0.25, -0.2) is 9.97 Å². The fraction of sp³-hybridized carbons (Fsp3) is 0.556. The van der Waals surface area contributed by atoms with Gasteiger partial charge in [-0.15, -0.1) is 11.6 Å². The van der Waals surface area contributed by atoms with Crippen LogP contribution >= 0.6 is 23.2 Å². The van der Waals surface area contributed by atoms with Crippen molar-refractivity contribution >= 4 is 23.2 Å². The van der Waals surface area contributed by atoms with E-state index in [0.717, 1.165) is 12.2 Å². The maximum atomic E-state index is 6.14. The molecule has 0 saturated heterocycles. The molecule has 4 heteroatoms. The Hall–Kier alpha value is -0.340. The quantitative estimate of drug-likeness (QED) is 0.727. The van der Waals surface area contributed by atoms with Gasteiger partial charge in [0.05, 0.1) is 5.02 Å². The minimum Gasteiger partial charge on any atom is -0.240 e. The number of aromatic nitrogens is 2. The lowest BCUT2D eigenvalue weighted by atomic mass is 10.2. The Balaban J connectivity index is 1.96. The largest absolute Gasteiger partial charge is 0.240 e. The fourth-order valence-electron chi connectivity index (χ4n) is 1.24. The van der Waals surface area contributed by atoms with E-state index in [1.807, 2.05) is 0 Å². The maximum absolute atomic E-state index is 6.14. The highest BCUT2D eigenvalue weighted by molar-refractivity contribution is 6.30. The highest BCUT2D eigenvalue weighted by Crippen LogP contribution is 2.36. The Bertz CT molecular complexity index is 282. The Kier molecular flexibility index (Phi) is 2.70. The van der Waals surface area contributed by atoms with E-state index < -0.39 is 0 Å². The summed E-state index contributed by atoms with van der Waals surface area (Å²) in [6.07, 6.45) is 6.48. The minimum absolute atomic E-state index is 0.196. The first kappa shape index (κ1) is 9.22. The van der Waals surface area contributed by atoms with E-state index in [1.165, 1.54) is 12.8 Å². The molecule has 0 amide bonds. The van der Waals surface area contributed by atoms with Crippen molar-refractivity contribution in [3.8, 4) is 0 Å². The van der Waals surface area contributed by atoms with Gasteiger partial charge in [0.25, 0.3) is 0 Å². The molecule has 1 aliphatic rings. The van der Waals surface area contributed by atoms with Gasteiger partial charge in [-0.3, -0.25) is 0 Å². The van der Waals surface area contributed by atoms with E-state index >= 15 is 0 Å². The minimum atomic E-state index is 0.196. The third-order valence-corrected chi connectivity index (χ3v) is 2.89. The van der Waals surface area contributed by atoms with Crippen molar-refractivity contribution in [1.29, 1.82) is 0 Å². The van der Waals surface area contributed by atoms with Crippen LogP contribution in [0, 0.1) is 5.92 Å². The molecule has 0 aromatic carbocycles. The lowest BCUT2D eigenvalue weighted by Crippen LogP contribution is -2.08. The molecule has 1 atom stereocenters. The van der Waals surface area contributed by atoms with Gasteiger partial charge in [-0.05, 0) is 18.8 Å². The lowest BCUT2D eigenvalue weighted by Gasteiger charge is -2.05. The second kappa shape index (κ2) is 3.81. The highest BCUT2D eigenvalue weighted by Gasteiger charge is 2.30. The van der Waals surface area contributed by atoms with Crippen molar-refractivity contribution in [2.45, 2.75) is 24.6 Å². The Morgan fingerprint density at radius 1 is 1.38 bits per heavy atom. The van der Waals surface area contributed by atoms with Gasteiger partial charge in [-0.2, -0.15) is 0 Å². The van der Waals surface area contributed by atoms with E-state index in [1.54, 1.807) is 12.4 Å². The van der Waals surface area contributed by atoms with Crippen LogP contribution in [-0.4, -0.2) is 15.3 Å². The van der Waals surface area contributed by atoms with Gasteiger partial charge in [-0.1, -0.05) is 11.6 Å². The van der Waals surface area contributed by atoms with Crippen molar-refractivity contribution in [1.82, 2.24) is 9.97 Å². The predicted octanol–water partition coefficient (Wildman–Crippen LogP) is 2.69. The average Bonchev–Trinajstić information content (AvgIpc) is 2.91. The van der Waals surface area contributed by atoms with Crippen LogP contribution in [0.3, 0.4) is 0 Å². The van der Waals surface area contributed by atoms with Gasteiger partial charge in [0, 0.05) is 24.2 Å². The van der Waals surface area contributed by atoms with Gasteiger partial charge in [0.15, 0.2) is 0 Å². The van der Waals surface area contributed by atoms with Crippen molar-refractivity contribution in [3.63, 3.8) is 0 Å². The normalized spacial score (nSPS) is 18.6. The van der Waals surface area contributed by atoms with Crippen LogP contribution in [0.2, 0.25) is 5.02 Å². The van der Waals surface area contributed by atoms with Gasteiger partial charge < -0.3 is 0 Å². The molecule has 1 aromatic rings. The van der Waals surface area contributed by atoms with Gasteiger partial charge in [0.1, 0.15) is 5.82 Å². The van der Waals surface area contributed by atoms with E-state index in [2.05, 4.69) is 9.97 Å². The molecule has 0 N–H and O–H groups in total. The first-order valence-corrected chi connectivity index (χ1v) is 5.17. The fourth-order valence-corrected chi connectivity index (χ4v) is 1.73. The average molecular weight is 217 g/mol. The molecule has 1 fully saturated rings. The summed E-state index contributed by atoms with van der Waals surface area (Å²) in [6, 6.07) is 0. The molecule has 1 saturated carbocycles. The standard InChI is InChI=1S/C9H10Cl2N2/c10-7-4-12-9(13-5-7)3-8(11)6-1-2-6/h4-6,8H,1-3H2. The van der Waals surface area contributed by atoms with E-state index in [0.29, 0.717) is 10.9 Å². The maximum Gasteiger partial charge on any atom is 0.129 e. The van der Waals surface area contributed by atoms with Crippen molar-refractivity contribution in [2.24, 2.45) is 5.92 Å². The molecular weight excluding hydrogens is 207 g/mol. The van der Waals surface area contributed by atoms with E-state index in [4.69, 9.17) is 23.2 Å². The topological polar surface area (TPSA) is 25.8 Å². The number of rotatable bonds is 3. The molecule has 0 spiro atoms. The Labute approximate surface area is 87.3 Å². The van der Waals surface area contributed by atoms with Crippen LogP contribution < -0.4 is 0 Å². The summed E-state index contributed by atoms with van der Waals surface area (Å²) in [7, 11) is 0. The number of hydrogen-bond donors (Lipinski definition) is 0. The molecule has 2 nitrogen and oxygen atoms in total. The number of alkyl halides is 1. The summed E-state index contributed by atoms with van der Waals surface area (Å²) in [4.78, 5) is 8.20. The molecule has 1 heterocycles. The van der Waals surface area contributed by atoms with Crippen LogP contribution in [0.5, 0.6) is 0 Å². The zero-order chi connectivity index (χ0) is 9.26. The third kappa shape index (κ3) is 2.55. The SMILES string of the molecule is Clc1cnc(CC(Cl)C2CC2)nc1. The molecule has 1 aliphatic carbocycles. The molecule has 0 radical (unpaired) electrons. The monoisotopic (exact) mass is 216 g/mol. The zero-order valence-electron chi connectivity index (χ0n) is 7.08. The molecule has 2 rings (SSSR count). The highest BCUT2D eigenvalue weighted by atomic mass is 35.5. The predicted molar refractivity (Wildman–Crippen MR) is 53.1 cm³/mol. The Morgan fingerprint density at radius 2 is 2.00 bits per heavy atom. The summed E-state index contributed by atoms with van der Waals surface area (Å²) in [5.41, 5.74) is 0. The first-order chi connectivity index (χ1) is 6.25. The number of hydrogen-bond acceptors (Lipinski definition) is 2.